The molecule has 0 bridgehead atoms. The molecule has 94 valence electrons. The fraction of sp³-hybridized carbons (Fsp3) is 0.923. The maximum absolute atomic E-state index is 11.6. The first-order valence-electron chi connectivity index (χ1n) is 6.46. The number of methoxy groups -OCH3 is 1. The maximum Gasteiger partial charge on any atom is 0.310 e. The lowest BCUT2D eigenvalue weighted by Crippen LogP contribution is -2.39. The largest absolute Gasteiger partial charge is 0.469 e. The molecular weight excluding hydrogens is 202 g/mol. The Kier molecular flexibility index (Phi) is 5.81. The monoisotopic (exact) mass is 227 g/mol. The second-order valence-corrected chi connectivity index (χ2v) is 5.12. The summed E-state index contributed by atoms with van der Waals surface area (Å²) in [6.07, 6.45) is 6.52. The summed E-state index contributed by atoms with van der Waals surface area (Å²) in [5, 5.41) is 3.52. The van der Waals surface area contributed by atoms with E-state index >= 15 is 0 Å². The minimum absolute atomic E-state index is 0.00748. The Bertz CT molecular complexity index is 210. The van der Waals surface area contributed by atoms with E-state index < -0.39 is 0 Å². The standard InChI is InChI=1S/C13H25NO2/c1-10(2)12(13(15)16-3)9-14-11-7-5-4-6-8-11/h10-12,14H,4-9H2,1-3H3. The Labute approximate surface area is 98.9 Å². The van der Waals surface area contributed by atoms with Gasteiger partial charge < -0.3 is 10.1 Å². The molecule has 1 atom stereocenters. The third kappa shape index (κ3) is 4.12. The van der Waals surface area contributed by atoms with Gasteiger partial charge in [0, 0.05) is 12.6 Å². The Morgan fingerprint density at radius 2 is 1.94 bits per heavy atom. The predicted octanol–water partition coefficient (Wildman–Crippen LogP) is 2.35. The molecule has 0 saturated heterocycles. The van der Waals surface area contributed by atoms with E-state index in [-0.39, 0.29) is 11.9 Å². The van der Waals surface area contributed by atoms with Gasteiger partial charge in [-0.15, -0.1) is 0 Å². The summed E-state index contributed by atoms with van der Waals surface area (Å²) in [6, 6.07) is 0.611. The van der Waals surface area contributed by atoms with Gasteiger partial charge in [-0.25, -0.2) is 0 Å². The van der Waals surface area contributed by atoms with Crippen molar-refractivity contribution in [2.45, 2.75) is 52.0 Å². The van der Waals surface area contributed by atoms with Crippen molar-refractivity contribution in [2.75, 3.05) is 13.7 Å². The molecule has 1 fully saturated rings. The fourth-order valence-corrected chi connectivity index (χ4v) is 2.34. The van der Waals surface area contributed by atoms with E-state index in [0.717, 1.165) is 6.54 Å². The number of nitrogens with one attached hydrogen (secondary N) is 1. The van der Waals surface area contributed by atoms with Crippen LogP contribution in [0.3, 0.4) is 0 Å². The highest BCUT2D eigenvalue weighted by Gasteiger charge is 2.24. The zero-order valence-electron chi connectivity index (χ0n) is 10.8. The molecule has 0 radical (unpaired) electrons. The molecule has 1 aliphatic carbocycles. The highest BCUT2D eigenvalue weighted by atomic mass is 16.5. The molecule has 0 aliphatic heterocycles. The van der Waals surface area contributed by atoms with Crippen molar-refractivity contribution >= 4 is 5.97 Å². The Morgan fingerprint density at radius 3 is 2.44 bits per heavy atom. The van der Waals surface area contributed by atoms with E-state index in [1.807, 2.05) is 0 Å². The van der Waals surface area contributed by atoms with Crippen LogP contribution in [-0.2, 0) is 9.53 Å². The van der Waals surface area contributed by atoms with Crippen molar-refractivity contribution in [3.05, 3.63) is 0 Å². The number of hydrogen-bond acceptors (Lipinski definition) is 3. The Morgan fingerprint density at radius 1 is 1.31 bits per heavy atom. The van der Waals surface area contributed by atoms with Crippen molar-refractivity contribution < 1.29 is 9.53 Å². The molecule has 1 unspecified atom stereocenters. The molecule has 0 amide bonds. The van der Waals surface area contributed by atoms with Crippen LogP contribution in [0.2, 0.25) is 0 Å². The maximum atomic E-state index is 11.6. The third-order valence-corrected chi connectivity index (χ3v) is 3.54. The molecule has 0 spiro atoms. The molecule has 1 aliphatic rings. The first-order chi connectivity index (χ1) is 7.65. The SMILES string of the molecule is COC(=O)C(CNC1CCCCC1)C(C)C. The van der Waals surface area contributed by atoms with E-state index in [9.17, 15) is 4.79 Å². The molecule has 16 heavy (non-hydrogen) atoms. The quantitative estimate of drug-likeness (QED) is 0.733. The van der Waals surface area contributed by atoms with Crippen LogP contribution >= 0.6 is 0 Å². The summed E-state index contributed by atoms with van der Waals surface area (Å²) in [6.45, 7) is 4.91. The average molecular weight is 227 g/mol. The number of carbonyl (C=O) groups is 1. The molecule has 1 N–H and O–H groups in total. The van der Waals surface area contributed by atoms with Crippen LogP contribution in [0.15, 0.2) is 0 Å². The second-order valence-electron chi connectivity index (χ2n) is 5.12. The van der Waals surface area contributed by atoms with Crippen LogP contribution in [0.4, 0.5) is 0 Å². The van der Waals surface area contributed by atoms with E-state index in [2.05, 4.69) is 19.2 Å². The van der Waals surface area contributed by atoms with Gasteiger partial charge in [0.05, 0.1) is 13.0 Å². The lowest BCUT2D eigenvalue weighted by atomic mass is 9.92. The van der Waals surface area contributed by atoms with Crippen molar-refractivity contribution in [3.8, 4) is 0 Å². The van der Waals surface area contributed by atoms with Crippen molar-refractivity contribution in [3.63, 3.8) is 0 Å². The lowest BCUT2D eigenvalue weighted by Gasteiger charge is -2.26. The van der Waals surface area contributed by atoms with Gasteiger partial charge in [0.15, 0.2) is 0 Å². The van der Waals surface area contributed by atoms with E-state index in [1.165, 1.54) is 39.2 Å². The number of rotatable bonds is 5. The zero-order valence-corrected chi connectivity index (χ0v) is 10.8. The number of hydrogen-bond donors (Lipinski definition) is 1. The molecule has 3 heteroatoms. The van der Waals surface area contributed by atoms with Crippen LogP contribution in [0.5, 0.6) is 0 Å². The van der Waals surface area contributed by atoms with Crippen LogP contribution in [-0.4, -0.2) is 25.7 Å². The first-order valence-corrected chi connectivity index (χ1v) is 6.46. The fourth-order valence-electron chi connectivity index (χ4n) is 2.34. The smallest absolute Gasteiger partial charge is 0.310 e. The Hall–Kier alpha value is -0.570. The van der Waals surface area contributed by atoms with Gasteiger partial charge in [-0.1, -0.05) is 33.1 Å². The van der Waals surface area contributed by atoms with Crippen molar-refractivity contribution in [1.29, 1.82) is 0 Å². The summed E-state index contributed by atoms with van der Waals surface area (Å²) in [4.78, 5) is 11.6. The normalized spacial score (nSPS) is 19.8. The highest BCUT2D eigenvalue weighted by molar-refractivity contribution is 5.72. The number of esters is 1. The first kappa shape index (κ1) is 13.5. The van der Waals surface area contributed by atoms with Gasteiger partial charge >= 0.3 is 5.97 Å². The molecule has 1 saturated carbocycles. The third-order valence-electron chi connectivity index (χ3n) is 3.54. The summed E-state index contributed by atoms with van der Waals surface area (Å²) in [5.74, 6) is 0.244. The van der Waals surface area contributed by atoms with Crippen molar-refractivity contribution in [2.24, 2.45) is 11.8 Å². The topological polar surface area (TPSA) is 38.3 Å². The number of carbonyl (C=O) groups excluding carboxylic acids is 1. The zero-order chi connectivity index (χ0) is 12.0. The minimum atomic E-state index is -0.0849. The molecule has 0 heterocycles. The summed E-state index contributed by atoms with van der Waals surface area (Å²) in [7, 11) is 1.47. The second kappa shape index (κ2) is 6.89. The predicted molar refractivity (Wildman–Crippen MR) is 65.2 cm³/mol. The van der Waals surface area contributed by atoms with Gasteiger partial charge in [0.2, 0.25) is 0 Å². The molecule has 0 aromatic carbocycles. The molecule has 0 aromatic heterocycles. The van der Waals surface area contributed by atoms with Crippen LogP contribution in [0, 0.1) is 11.8 Å². The van der Waals surface area contributed by atoms with E-state index in [4.69, 9.17) is 4.74 Å². The van der Waals surface area contributed by atoms with E-state index in [1.54, 1.807) is 0 Å². The minimum Gasteiger partial charge on any atom is -0.469 e. The summed E-state index contributed by atoms with van der Waals surface area (Å²) >= 11 is 0. The summed E-state index contributed by atoms with van der Waals surface area (Å²) < 4.78 is 4.83. The van der Waals surface area contributed by atoms with Crippen LogP contribution in [0.25, 0.3) is 0 Å². The van der Waals surface area contributed by atoms with Gasteiger partial charge in [-0.05, 0) is 18.8 Å². The van der Waals surface area contributed by atoms with Gasteiger partial charge in [0.1, 0.15) is 0 Å². The van der Waals surface area contributed by atoms with Gasteiger partial charge in [-0.2, -0.15) is 0 Å². The molecule has 0 aromatic rings. The highest BCUT2D eigenvalue weighted by Crippen LogP contribution is 2.18. The van der Waals surface area contributed by atoms with Crippen LogP contribution in [0.1, 0.15) is 46.0 Å². The van der Waals surface area contributed by atoms with E-state index in [0.29, 0.717) is 12.0 Å². The van der Waals surface area contributed by atoms with Gasteiger partial charge in [-0.3, -0.25) is 4.79 Å². The number of ether oxygens (including phenoxy) is 1. The summed E-state index contributed by atoms with van der Waals surface area (Å²) in [5.41, 5.74) is 0. The van der Waals surface area contributed by atoms with Crippen LogP contribution < -0.4 is 5.32 Å². The molecule has 3 nitrogen and oxygen atoms in total. The average Bonchev–Trinajstić information content (AvgIpc) is 2.30. The van der Waals surface area contributed by atoms with Gasteiger partial charge in [0.25, 0.3) is 0 Å². The lowest BCUT2D eigenvalue weighted by molar-refractivity contribution is -0.146. The van der Waals surface area contributed by atoms with Crippen molar-refractivity contribution in [1.82, 2.24) is 5.32 Å². The molecule has 1 rings (SSSR count). The Balaban J connectivity index is 2.34. The molecular formula is C13H25NO2.